The van der Waals surface area contributed by atoms with Gasteiger partial charge in [-0.15, -0.1) is 0 Å². The molecular formula is C13H16N2O2. The predicted molar refractivity (Wildman–Crippen MR) is 64.5 cm³/mol. The van der Waals surface area contributed by atoms with Gasteiger partial charge in [0.1, 0.15) is 11.8 Å². The topological polar surface area (TPSA) is 62.1 Å². The summed E-state index contributed by atoms with van der Waals surface area (Å²) < 4.78 is 5.30. The maximum absolute atomic E-state index is 11.5. The van der Waals surface area contributed by atoms with Gasteiger partial charge in [-0.25, -0.2) is 0 Å². The van der Waals surface area contributed by atoms with Crippen molar-refractivity contribution in [3.63, 3.8) is 0 Å². The lowest BCUT2D eigenvalue weighted by Crippen LogP contribution is -2.35. The molecule has 1 aromatic rings. The fourth-order valence-electron chi connectivity index (χ4n) is 1.25. The highest BCUT2D eigenvalue weighted by atomic mass is 16.5. The van der Waals surface area contributed by atoms with Gasteiger partial charge in [-0.05, 0) is 25.5 Å². The molecule has 0 aliphatic heterocycles. The molecule has 0 heterocycles. The van der Waals surface area contributed by atoms with Crippen molar-refractivity contribution >= 4 is 5.91 Å². The predicted octanol–water partition coefficient (Wildman–Crippen LogP) is 1.85. The number of hydrogen-bond donors (Lipinski definition) is 1. The lowest BCUT2D eigenvalue weighted by Gasteiger charge is -2.12. The third kappa shape index (κ3) is 4.15. The monoisotopic (exact) mass is 232 g/mol. The van der Waals surface area contributed by atoms with Crippen LogP contribution in [0.5, 0.6) is 5.75 Å². The van der Waals surface area contributed by atoms with E-state index < -0.39 is 0 Å². The fraction of sp³-hybridized carbons (Fsp3) is 0.385. The van der Waals surface area contributed by atoms with Crippen molar-refractivity contribution in [2.45, 2.75) is 26.3 Å². The molecule has 0 bridgehead atoms. The van der Waals surface area contributed by atoms with Gasteiger partial charge in [0.15, 0.2) is 6.61 Å². The molecule has 90 valence electrons. The Balaban J connectivity index is 2.51. The van der Waals surface area contributed by atoms with Crippen molar-refractivity contribution in [3.8, 4) is 11.8 Å². The average molecular weight is 232 g/mol. The molecule has 4 heteroatoms. The van der Waals surface area contributed by atoms with Crippen molar-refractivity contribution in [2.24, 2.45) is 0 Å². The smallest absolute Gasteiger partial charge is 0.258 e. The number of nitrogens with one attached hydrogen (secondary N) is 1. The minimum atomic E-state index is -0.174. The first-order chi connectivity index (χ1) is 8.17. The molecule has 0 radical (unpaired) electrons. The molecule has 4 nitrogen and oxygen atoms in total. The number of para-hydroxylation sites is 1. The van der Waals surface area contributed by atoms with Crippen LogP contribution in [-0.2, 0) is 4.79 Å². The van der Waals surface area contributed by atoms with Crippen molar-refractivity contribution in [2.75, 3.05) is 6.61 Å². The third-order valence-electron chi connectivity index (χ3n) is 2.39. The number of carbonyl (C=O) groups is 1. The van der Waals surface area contributed by atoms with Crippen LogP contribution >= 0.6 is 0 Å². The zero-order valence-corrected chi connectivity index (χ0v) is 10.1. The second-order valence-electron chi connectivity index (χ2n) is 3.77. The summed E-state index contributed by atoms with van der Waals surface area (Å²) in [4.78, 5) is 11.5. The molecule has 0 saturated heterocycles. The maximum atomic E-state index is 11.5. The molecule has 1 atom stereocenters. The Labute approximate surface area is 101 Å². The molecule has 0 fully saturated rings. The molecule has 0 aliphatic carbocycles. The van der Waals surface area contributed by atoms with Crippen LogP contribution in [0, 0.1) is 11.3 Å². The van der Waals surface area contributed by atoms with Gasteiger partial charge >= 0.3 is 0 Å². The second kappa shape index (κ2) is 6.54. The molecule has 0 unspecified atom stereocenters. The number of rotatable bonds is 5. The highest BCUT2D eigenvalue weighted by Gasteiger charge is 2.08. The lowest BCUT2D eigenvalue weighted by molar-refractivity contribution is -0.123. The molecule has 1 N–H and O–H groups in total. The van der Waals surface area contributed by atoms with Crippen LogP contribution in [-0.4, -0.2) is 18.6 Å². The molecule has 1 aromatic carbocycles. The minimum Gasteiger partial charge on any atom is -0.482 e. The highest BCUT2D eigenvalue weighted by molar-refractivity contribution is 5.77. The summed E-state index contributed by atoms with van der Waals surface area (Å²) in [6.07, 6.45) is 0.876. The molecule has 0 aliphatic rings. The zero-order valence-electron chi connectivity index (χ0n) is 10.1. The van der Waals surface area contributed by atoms with Gasteiger partial charge in [0.2, 0.25) is 0 Å². The largest absolute Gasteiger partial charge is 0.482 e. The summed E-state index contributed by atoms with van der Waals surface area (Å²) in [5, 5.41) is 11.6. The van der Waals surface area contributed by atoms with Crippen LogP contribution in [0.2, 0.25) is 0 Å². The summed E-state index contributed by atoms with van der Waals surface area (Å²) in [5.41, 5.74) is 0.434. The van der Waals surface area contributed by atoms with Crippen LogP contribution in [0.3, 0.4) is 0 Å². The molecule has 1 amide bonds. The SMILES string of the molecule is CC[C@H](C)NC(=O)COc1ccccc1C#N. The summed E-state index contributed by atoms with van der Waals surface area (Å²) in [6.45, 7) is 3.86. The van der Waals surface area contributed by atoms with E-state index in [0.29, 0.717) is 11.3 Å². The van der Waals surface area contributed by atoms with Crippen LogP contribution in [0.25, 0.3) is 0 Å². The zero-order chi connectivity index (χ0) is 12.7. The Bertz CT molecular complexity index is 424. The number of ether oxygens (including phenoxy) is 1. The Morgan fingerprint density at radius 1 is 1.53 bits per heavy atom. The average Bonchev–Trinajstić information content (AvgIpc) is 2.36. The molecule has 0 spiro atoms. The van der Waals surface area contributed by atoms with E-state index in [1.807, 2.05) is 19.9 Å². The van der Waals surface area contributed by atoms with Crippen molar-refractivity contribution in [3.05, 3.63) is 29.8 Å². The van der Waals surface area contributed by atoms with E-state index in [1.165, 1.54) is 0 Å². The van der Waals surface area contributed by atoms with Gasteiger partial charge in [-0.1, -0.05) is 19.1 Å². The Morgan fingerprint density at radius 2 is 2.24 bits per heavy atom. The number of hydrogen-bond acceptors (Lipinski definition) is 3. The van der Waals surface area contributed by atoms with Crippen LogP contribution in [0.4, 0.5) is 0 Å². The van der Waals surface area contributed by atoms with E-state index in [4.69, 9.17) is 10.00 Å². The normalized spacial score (nSPS) is 11.4. The second-order valence-corrected chi connectivity index (χ2v) is 3.77. The van der Waals surface area contributed by atoms with Gasteiger partial charge in [0, 0.05) is 6.04 Å². The van der Waals surface area contributed by atoms with E-state index in [0.717, 1.165) is 6.42 Å². The molecule has 1 rings (SSSR count). The molecule has 0 saturated carbocycles. The first kappa shape index (κ1) is 13.0. The third-order valence-corrected chi connectivity index (χ3v) is 2.39. The van der Waals surface area contributed by atoms with Crippen molar-refractivity contribution < 1.29 is 9.53 Å². The number of amides is 1. The maximum Gasteiger partial charge on any atom is 0.258 e. The number of nitriles is 1. The number of carbonyl (C=O) groups excluding carboxylic acids is 1. The van der Waals surface area contributed by atoms with Crippen molar-refractivity contribution in [1.82, 2.24) is 5.32 Å². The van der Waals surface area contributed by atoms with Crippen LogP contribution in [0.15, 0.2) is 24.3 Å². The van der Waals surface area contributed by atoms with Gasteiger partial charge in [0.25, 0.3) is 5.91 Å². The van der Waals surface area contributed by atoms with E-state index in [9.17, 15) is 4.79 Å². The lowest BCUT2D eigenvalue weighted by atomic mass is 10.2. The molecule has 17 heavy (non-hydrogen) atoms. The van der Waals surface area contributed by atoms with E-state index in [2.05, 4.69) is 5.32 Å². The van der Waals surface area contributed by atoms with E-state index in [1.54, 1.807) is 24.3 Å². The van der Waals surface area contributed by atoms with Gasteiger partial charge < -0.3 is 10.1 Å². The van der Waals surface area contributed by atoms with E-state index >= 15 is 0 Å². The van der Waals surface area contributed by atoms with Crippen LogP contribution in [0.1, 0.15) is 25.8 Å². The summed E-state index contributed by atoms with van der Waals surface area (Å²) in [5.74, 6) is 0.265. The molecule has 0 aromatic heterocycles. The Morgan fingerprint density at radius 3 is 2.88 bits per heavy atom. The van der Waals surface area contributed by atoms with Crippen molar-refractivity contribution in [1.29, 1.82) is 5.26 Å². The molecular weight excluding hydrogens is 216 g/mol. The summed E-state index contributed by atoms with van der Waals surface area (Å²) in [7, 11) is 0. The number of benzene rings is 1. The first-order valence-electron chi connectivity index (χ1n) is 5.58. The number of nitrogens with zero attached hydrogens (tertiary/aromatic N) is 1. The van der Waals surface area contributed by atoms with Gasteiger partial charge in [-0.2, -0.15) is 5.26 Å². The fourth-order valence-corrected chi connectivity index (χ4v) is 1.25. The summed E-state index contributed by atoms with van der Waals surface area (Å²) >= 11 is 0. The van der Waals surface area contributed by atoms with Gasteiger partial charge in [0.05, 0.1) is 5.56 Å². The minimum absolute atomic E-state index is 0.0664. The van der Waals surface area contributed by atoms with Gasteiger partial charge in [-0.3, -0.25) is 4.79 Å². The summed E-state index contributed by atoms with van der Waals surface area (Å²) in [6, 6.07) is 9.00. The highest BCUT2D eigenvalue weighted by Crippen LogP contribution is 2.16. The van der Waals surface area contributed by atoms with Crippen LogP contribution < -0.4 is 10.1 Å². The van der Waals surface area contributed by atoms with E-state index in [-0.39, 0.29) is 18.6 Å². The Hall–Kier alpha value is -2.02. The quantitative estimate of drug-likeness (QED) is 0.842. The first-order valence-corrected chi connectivity index (χ1v) is 5.58. The Kier molecular flexibility index (Phi) is 5.02. The standard InChI is InChI=1S/C13H16N2O2/c1-3-10(2)15-13(16)9-17-12-7-5-4-6-11(12)8-14/h4-7,10H,3,9H2,1-2H3,(H,15,16)/t10-/m0/s1.